The van der Waals surface area contributed by atoms with Gasteiger partial charge in [-0.2, -0.15) is 5.16 Å². The molecule has 0 saturated heterocycles. The van der Waals surface area contributed by atoms with E-state index in [4.69, 9.17) is 0 Å². The van der Waals surface area contributed by atoms with Gasteiger partial charge in [0.25, 0.3) is 0 Å². The molecule has 0 aliphatic rings. The average molecular weight is 248 g/mol. The summed E-state index contributed by atoms with van der Waals surface area (Å²) in [4.78, 5) is 33.8. The van der Waals surface area contributed by atoms with E-state index in [9.17, 15) is 14.4 Å². The van der Waals surface area contributed by atoms with Crippen LogP contribution in [0.25, 0.3) is 0 Å². The minimum Gasteiger partial charge on any atom is -0.385 e. The van der Waals surface area contributed by atoms with Gasteiger partial charge in [-0.05, 0) is 12.1 Å². The van der Waals surface area contributed by atoms with Crippen molar-refractivity contribution >= 4 is 17.7 Å². The second kappa shape index (κ2) is 5.00. The van der Waals surface area contributed by atoms with E-state index < -0.39 is 17.6 Å². The molecule has 92 valence electrons. The van der Waals surface area contributed by atoms with Gasteiger partial charge in [-0.3, -0.25) is 10.1 Å². The molecule has 0 aliphatic carbocycles. The van der Waals surface area contributed by atoms with Crippen LogP contribution in [0.3, 0.4) is 0 Å². The third-order valence-corrected chi connectivity index (χ3v) is 2.00. The third kappa shape index (κ3) is 2.64. The van der Waals surface area contributed by atoms with E-state index in [0.29, 0.717) is 0 Å². The molecule has 1 heterocycles. The largest absolute Gasteiger partial charge is 0.419 e. The lowest BCUT2D eigenvalue weighted by atomic mass is 10.2. The van der Waals surface area contributed by atoms with Crippen molar-refractivity contribution in [2.24, 2.45) is 0 Å². The van der Waals surface area contributed by atoms with E-state index in [1.54, 1.807) is 18.2 Å². The zero-order chi connectivity index (χ0) is 13.0. The molecule has 0 atom stereocenters. The molecular formula is C11H8N2O5. The van der Waals surface area contributed by atoms with Crippen molar-refractivity contribution in [1.82, 2.24) is 5.16 Å². The number of aromatic amines is 1. The number of aromatic nitrogens is 1. The quantitative estimate of drug-likeness (QED) is 0.617. The van der Waals surface area contributed by atoms with Crippen molar-refractivity contribution in [2.75, 3.05) is 5.32 Å². The van der Waals surface area contributed by atoms with E-state index in [0.717, 1.165) is 6.26 Å². The molecule has 2 N–H and O–H groups in total. The number of amides is 1. The lowest BCUT2D eigenvalue weighted by Gasteiger charge is -2.02. The monoisotopic (exact) mass is 248 g/mol. The molecule has 0 radical (unpaired) electrons. The van der Waals surface area contributed by atoms with Crippen LogP contribution in [-0.4, -0.2) is 17.2 Å². The highest BCUT2D eigenvalue weighted by atomic mass is 16.6. The van der Waals surface area contributed by atoms with Gasteiger partial charge in [0.1, 0.15) is 6.26 Å². The molecule has 0 unspecified atom stereocenters. The molecule has 18 heavy (non-hydrogen) atoms. The van der Waals surface area contributed by atoms with Gasteiger partial charge in [-0.1, -0.05) is 18.2 Å². The van der Waals surface area contributed by atoms with Crippen molar-refractivity contribution in [3.8, 4) is 0 Å². The number of rotatable bonds is 2. The molecule has 7 heteroatoms. The Hall–Kier alpha value is -2.83. The molecule has 2 rings (SSSR count). The Morgan fingerprint density at radius 3 is 2.56 bits per heavy atom. The first kappa shape index (κ1) is 11.6. The summed E-state index contributed by atoms with van der Waals surface area (Å²) in [5.74, 6) is -0.812. The van der Waals surface area contributed by atoms with Gasteiger partial charge in [0.15, 0.2) is 5.69 Å². The molecule has 0 spiro atoms. The summed E-state index contributed by atoms with van der Waals surface area (Å²) in [6.07, 6.45) is -0.0629. The van der Waals surface area contributed by atoms with Crippen LogP contribution in [0.1, 0.15) is 10.4 Å². The third-order valence-electron chi connectivity index (χ3n) is 2.00. The molecule has 1 aromatic carbocycles. The zero-order valence-corrected chi connectivity index (χ0v) is 9.01. The number of esters is 1. The molecule has 1 aromatic heterocycles. The average Bonchev–Trinajstić information content (AvgIpc) is 2.76. The Balaban J connectivity index is 1.98. The number of anilines is 1. The summed E-state index contributed by atoms with van der Waals surface area (Å²) in [5, 5.41) is 4.04. The van der Waals surface area contributed by atoms with Gasteiger partial charge in [-0.25, -0.2) is 9.59 Å². The number of H-pyrrole nitrogens is 1. The number of hydrogen-bond acceptors (Lipinski definition) is 5. The first-order chi connectivity index (χ1) is 8.66. The van der Waals surface area contributed by atoms with E-state index >= 15 is 0 Å². The Morgan fingerprint density at radius 2 is 1.94 bits per heavy atom. The summed E-state index contributed by atoms with van der Waals surface area (Å²) in [5.41, 5.74) is -0.534. The van der Waals surface area contributed by atoms with Crippen LogP contribution >= 0.6 is 0 Å². The van der Waals surface area contributed by atoms with Gasteiger partial charge >= 0.3 is 17.6 Å². The molecular weight excluding hydrogens is 240 g/mol. The maximum absolute atomic E-state index is 11.5. The molecule has 2 aromatic rings. The van der Waals surface area contributed by atoms with Gasteiger partial charge in [0.05, 0.1) is 5.56 Å². The Labute approximate surface area is 100 Å². The van der Waals surface area contributed by atoms with Crippen LogP contribution in [-0.2, 0) is 4.74 Å². The highest BCUT2D eigenvalue weighted by Crippen LogP contribution is 2.03. The maximum Gasteiger partial charge on any atom is 0.419 e. The fraction of sp³-hybridized carbons (Fsp3) is 0. The molecule has 0 aliphatic heterocycles. The fourth-order valence-electron chi connectivity index (χ4n) is 1.19. The van der Waals surface area contributed by atoms with Crippen LogP contribution < -0.4 is 10.9 Å². The van der Waals surface area contributed by atoms with Crippen molar-refractivity contribution in [3.05, 3.63) is 52.5 Å². The fourth-order valence-corrected chi connectivity index (χ4v) is 1.19. The SMILES string of the molecule is O=C(Nc1co[nH]c1=O)OC(=O)c1ccccc1. The standard InChI is InChI=1S/C11H8N2O5/c14-9-8(6-17-13-9)12-11(16)18-10(15)7-4-2-1-3-5-7/h1-6H,(H,12,16)(H,13,14). The van der Waals surface area contributed by atoms with Crippen molar-refractivity contribution in [1.29, 1.82) is 0 Å². The molecule has 0 fully saturated rings. The topological polar surface area (TPSA) is 101 Å². The van der Waals surface area contributed by atoms with Crippen LogP contribution in [0.15, 0.2) is 45.9 Å². The van der Waals surface area contributed by atoms with Crippen molar-refractivity contribution in [3.63, 3.8) is 0 Å². The maximum atomic E-state index is 11.5. The second-order valence-electron chi connectivity index (χ2n) is 3.25. The summed E-state index contributed by atoms with van der Waals surface area (Å²) >= 11 is 0. The Morgan fingerprint density at radius 1 is 1.22 bits per heavy atom. The lowest BCUT2D eigenvalue weighted by Crippen LogP contribution is -2.21. The van der Waals surface area contributed by atoms with E-state index in [1.165, 1.54) is 12.1 Å². The second-order valence-corrected chi connectivity index (χ2v) is 3.25. The molecule has 7 nitrogen and oxygen atoms in total. The number of carbonyl (C=O) groups excluding carboxylic acids is 2. The molecule has 1 amide bonds. The van der Waals surface area contributed by atoms with Crippen LogP contribution in [0, 0.1) is 0 Å². The van der Waals surface area contributed by atoms with Gasteiger partial charge < -0.3 is 9.26 Å². The Kier molecular flexibility index (Phi) is 3.24. The van der Waals surface area contributed by atoms with E-state index in [1.807, 2.05) is 5.16 Å². The van der Waals surface area contributed by atoms with Gasteiger partial charge in [0.2, 0.25) is 0 Å². The number of ether oxygens (including phenoxy) is 1. The van der Waals surface area contributed by atoms with Crippen molar-refractivity contribution in [2.45, 2.75) is 0 Å². The van der Waals surface area contributed by atoms with Crippen LogP contribution in [0.2, 0.25) is 0 Å². The van der Waals surface area contributed by atoms with Crippen molar-refractivity contribution < 1.29 is 18.8 Å². The lowest BCUT2D eigenvalue weighted by molar-refractivity contribution is 0.0645. The summed E-state index contributed by atoms with van der Waals surface area (Å²) in [6, 6.07) is 7.99. The first-order valence-corrected chi connectivity index (χ1v) is 4.91. The number of carbonyl (C=O) groups is 2. The van der Waals surface area contributed by atoms with E-state index in [-0.39, 0.29) is 11.3 Å². The van der Waals surface area contributed by atoms with Crippen LogP contribution in [0.4, 0.5) is 10.5 Å². The number of nitrogens with one attached hydrogen (secondary N) is 2. The number of hydrogen-bond donors (Lipinski definition) is 2. The normalized spacial score (nSPS) is 9.78. The minimum atomic E-state index is -1.06. The smallest absolute Gasteiger partial charge is 0.385 e. The van der Waals surface area contributed by atoms with Gasteiger partial charge in [0, 0.05) is 0 Å². The predicted octanol–water partition coefficient (Wildman–Crippen LogP) is 1.36. The number of benzene rings is 1. The highest BCUT2D eigenvalue weighted by Gasteiger charge is 2.14. The summed E-state index contributed by atoms with van der Waals surface area (Å²) < 4.78 is 8.92. The predicted molar refractivity (Wildman–Crippen MR) is 60.2 cm³/mol. The van der Waals surface area contributed by atoms with Gasteiger partial charge in [-0.15, -0.1) is 0 Å². The Bertz CT molecular complexity index is 614. The van der Waals surface area contributed by atoms with Crippen LogP contribution in [0.5, 0.6) is 0 Å². The molecule has 0 bridgehead atoms. The first-order valence-electron chi connectivity index (χ1n) is 4.91. The zero-order valence-electron chi connectivity index (χ0n) is 9.01. The summed E-state index contributed by atoms with van der Waals surface area (Å²) in [7, 11) is 0. The minimum absolute atomic E-state index is 0.138. The van der Waals surface area contributed by atoms with E-state index in [2.05, 4.69) is 14.6 Å². The summed E-state index contributed by atoms with van der Waals surface area (Å²) in [6.45, 7) is 0. The highest BCUT2D eigenvalue weighted by molar-refractivity contribution is 5.99. The molecule has 0 saturated carbocycles.